The number of nitrogens with zero attached hydrogens (tertiary/aromatic N) is 5. The van der Waals surface area contributed by atoms with E-state index in [1.807, 2.05) is 0 Å². The summed E-state index contributed by atoms with van der Waals surface area (Å²) in [5.74, 6) is -16.6. The Morgan fingerprint density at radius 2 is 0.830 bits per heavy atom. The van der Waals surface area contributed by atoms with Crippen molar-refractivity contribution in [1.29, 1.82) is 0 Å². The predicted molar refractivity (Wildman–Crippen MR) is 185 cm³/mol. The van der Waals surface area contributed by atoms with Gasteiger partial charge in [0.2, 0.25) is 40.1 Å². The van der Waals surface area contributed by atoms with Gasteiger partial charge in [0.05, 0.1) is 23.0 Å². The van der Waals surface area contributed by atoms with Gasteiger partial charge >= 0.3 is 27.4 Å². The molecule has 53 heavy (non-hydrogen) atoms. The molecule has 0 aromatic heterocycles. The first-order valence-corrected chi connectivity index (χ1v) is 24.6. The molecule has 0 rings (SSSR count). The van der Waals surface area contributed by atoms with Gasteiger partial charge in [0.1, 0.15) is 12.8 Å². The van der Waals surface area contributed by atoms with Crippen LogP contribution in [0.3, 0.4) is 0 Å². The molecule has 0 saturated heterocycles. The number of quaternary nitrogens is 1. The Kier molecular flexibility index (Phi) is 19.4. The van der Waals surface area contributed by atoms with Gasteiger partial charge in [0.25, 0.3) is 0 Å². The third-order valence-electron chi connectivity index (χ3n) is 7.84. The number of carboxylic acids is 1. The van der Waals surface area contributed by atoms with E-state index in [2.05, 4.69) is 0 Å². The number of unbranched alkanes of at least 4 members (excludes halogenated alkanes) is 5. The van der Waals surface area contributed by atoms with E-state index in [0.29, 0.717) is 0 Å². The smallest absolute Gasteiger partial charge is 0.337 e. The lowest BCUT2D eigenvalue weighted by molar-refractivity contribution is -0.994. The summed E-state index contributed by atoms with van der Waals surface area (Å²) >= 11 is 0. The van der Waals surface area contributed by atoms with Gasteiger partial charge in [-0.25, -0.2) is 38.5 Å². The number of aliphatic carboxylic acids is 1. The molecule has 17 nitrogen and oxygen atoms in total. The Bertz CT molecular complexity index is 1690. The molecule has 0 heterocycles. The zero-order chi connectivity index (χ0) is 41.9. The van der Waals surface area contributed by atoms with E-state index < -0.39 is 170 Å². The maximum Gasteiger partial charge on any atom is 0.337 e. The fourth-order valence-corrected chi connectivity index (χ4v) is 12.6. The third kappa shape index (κ3) is 10.8. The molecule has 27 heteroatoms. The summed E-state index contributed by atoms with van der Waals surface area (Å²) in [4.78, 5) is 12.0. The molecular weight excluding hydrogens is 830 g/mol. The summed E-state index contributed by atoms with van der Waals surface area (Å²) in [5.41, 5.74) is -5.69. The van der Waals surface area contributed by atoms with Crippen molar-refractivity contribution in [3.05, 3.63) is 12.2 Å². The van der Waals surface area contributed by atoms with Crippen molar-refractivity contribution >= 4 is 56.1 Å². The van der Waals surface area contributed by atoms with Crippen molar-refractivity contribution in [3.63, 3.8) is 0 Å². The highest BCUT2D eigenvalue weighted by Crippen LogP contribution is 2.54. The summed E-state index contributed by atoms with van der Waals surface area (Å²) in [7, 11) is -31.9. The van der Waals surface area contributed by atoms with Crippen molar-refractivity contribution in [3.8, 4) is 0 Å². The molecule has 0 spiro atoms. The molecule has 0 bridgehead atoms. The van der Waals surface area contributed by atoms with Gasteiger partial charge in [-0.15, -0.1) is 17.9 Å². The highest BCUT2D eigenvalue weighted by Gasteiger charge is 2.87. The molecule has 0 aliphatic heterocycles. The zero-order valence-corrected chi connectivity index (χ0v) is 34.4. The molecule has 0 saturated carbocycles. The van der Waals surface area contributed by atoms with Crippen LogP contribution in [0.5, 0.6) is 0 Å². The van der Waals surface area contributed by atoms with Crippen molar-refractivity contribution in [2.45, 2.75) is 110 Å². The molecule has 0 aliphatic rings. The molecule has 0 aliphatic carbocycles. The molecular formula is C26H51F5N5O12S5+. The van der Waals surface area contributed by atoms with Crippen molar-refractivity contribution in [1.82, 2.24) is 18.1 Å². The first kappa shape index (κ1) is 51.4. The van der Waals surface area contributed by atoms with Crippen LogP contribution in [0, 0.1) is 0 Å². The molecule has 2 atom stereocenters. The van der Waals surface area contributed by atoms with Crippen LogP contribution in [0.25, 0.3) is 0 Å². The lowest BCUT2D eigenvalue weighted by atomic mass is 10.0. The Hall–Kier alpha value is -1.59. The van der Waals surface area contributed by atoms with E-state index in [9.17, 15) is 52.0 Å². The van der Waals surface area contributed by atoms with Crippen LogP contribution in [-0.2, 0) is 54.9 Å². The summed E-state index contributed by atoms with van der Waals surface area (Å²) in [6, 6.07) is 0. The van der Waals surface area contributed by atoms with Crippen molar-refractivity contribution in [2.24, 2.45) is 0 Å². The quantitative estimate of drug-likeness (QED) is 0.0515. The highest BCUT2D eigenvalue weighted by atomic mass is 32.2. The Morgan fingerprint density at radius 1 is 0.566 bits per heavy atom. The summed E-state index contributed by atoms with van der Waals surface area (Å²) < 4.78 is 212. The number of hydrogen-bond acceptors (Lipinski definition) is 11. The largest absolute Gasteiger partial charge is 0.478 e. The number of halogens is 5. The maximum absolute atomic E-state index is 18.0. The Labute approximate surface area is 309 Å². The van der Waals surface area contributed by atoms with E-state index in [1.54, 1.807) is 0 Å². The molecule has 316 valence electrons. The number of likely N-dealkylation sites (N-methyl/N-ethyl adjacent to an activating group) is 1. The second-order valence-electron chi connectivity index (χ2n) is 12.0. The number of sulfonamides is 5. The standard InChI is InChI=1S/C26H50F5N5O12S5/c1-7-12-19-49(39,40)32(27)25(18-17-24(37)38,36(6,31)53(47,48)23-16-11-5)26(33(28)50(41,42)20-13-8-2,34(29)51(43,44)21-14-9-3)35(30)52(45,46)22-15-10-4/h17-18H,7-16,19-23H2,1-6H3/p+1. The third-order valence-corrected chi connectivity index (χ3v) is 16.2. The maximum atomic E-state index is 18.0. The average Bonchev–Trinajstić information content (AvgIpc) is 3.07. The van der Waals surface area contributed by atoms with Crippen LogP contribution in [-0.4, -0.2) is 123 Å². The first-order chi connectivity index (χ1) is 24.1. The van der Waals surface area contributed by atoms with E-state index >= 15 is 22.4 Å². The van der Waals surface area contributed by atoms with Gasteiger partial charge in [-0.05, 0) is 36.2 Å². The number of carbonyl (C=O) groups is 1. The van der Waals surface area contributed by atoms with Crippen molar-refractivity contribution < 1.29 is 78.5 Å². The molecule has 1 N–H and O–H groups in total. The van der Waals surface area contributed by atoms with Gasteiger partial charge in [0.15, 0.2) is 0 Å². The predicted octanol–water partition coefficient (Wildman–Crippen LogP) is 3.70. The fraction of sp³-hybridized carbons (Fsp3) is 0.885. The first-order valence-electron chi connectivity index (χ1n) is 16.6. The van der Waals surface area contributed by atoms with Gasteiger partial charge in [-0.1, -0.05) is 66.7 Å². The minimum atomic E-state index is -6.34. The average molecular weight is 881 g/mol. The highest BCUT2D eigenvalue weighted by molar-refractivity contribution is 7.91. The summed E-state index contributed by atoms with van der Waals surface area (Å²) in [6.45, 7) is 6.49. The van der Waals surface area contributed by atoms with Gasteiger partial charge in [-0.2, -0.15) is 8.42 Å². The monoisotopic (exact) mass is 880 g/mol. The Balaban J connectivity index is 10.1. The van der Waals surface area contributed by atoms with Gasteiger partial charge < -0.3 is 5.11 Å². The molecule has 0 aromatic carbocycles. The van der Waals surface area contributed by atoms with Crippen LogP contribution < -0.4 is 0 Å². The van der Waals surface area contributed by atoms with Gasteiger partial charge in [0, 0.05) is 34.7 Å². The van der Waals surface area contributed by atoms with Crippen LogP contribution in [0.4, 0.5) is 22.4 Å². The SMILES string of the molecule is CCCCS(=O)(=O)N(F)C(N(F)S(=O)(=O)CCCC)(N(F)S(=O)(=O)CCCC)C(C=CC(=O)O)(N(F)S(=O)(=O)CCCC)[N+](C)(F)S(=O)(=O)CCCC. The minimum absolute atomic E-state index is 0.154. The van der Waals surface area contributed by atoms with Crippen LogP contribution in [0.1, 0.15) is 98.8 Å². The number of hydrogen-bond donors (Lipinski definition) is 1. The van der Waals surface area contributed by atoms with Crippen LogP contribution >= 0.6 is 0 Å². The lowest BCUT2D eigenvalue weighted by Crippen LogP contribution is -2.88. The van der Waals surface area contributed by atoms with E-state index in [0.717, 1.165) is 0 Å². The van der Waals surface area contributed by atoms with Crippen LogP contribution in [0.2, 0.25) is 0 Å². The molecule has 0 fully saturated rings. The van der Waals surface area contributed by atoms with Gasteiger partial charge in [-0.3, -0.25) is 0 Å². The minimum Gasteiger partial charge on any atom is -0.478 e. The normalized spacial score (nSPS) is 16.5. The zero-order valence-electron chi connectivity index (χ0n) is 30.4. The number of rotatable bonds is 28. The lowest BCUT2D eigenvalue weighted by Gasteiger charge is -2.53. The number of carboxylic acid groups (broad SMARTS) is 1. The van der Waals surface area contributed by atoms with E-state index in [-0.39, 0.29) is 32.1 Å². The molecule has 0 radical (unpaired) electrons. The fourth-order valence-electron chi connectivity index (χ4n) is 4.72. The Morgan fingerprint density at radius 3 is 1.09 bits per heavy atom. The molecule has 0 aromatic rings. The second-order valence-corrected chi connectivity index (χ2v) is 21.9. The topological polar surface area (TPSA) is 221 Å². The van der Waals surface area contributed by atoms with E-state index in [1.165, 1.54) is 34.6 Å². The van der Waals surface area contributed by atoms with E-state index in [4.69, 9.17) is 0 Å². The summed E-state index contributed by atoms with van der Waals surface area (Å²) in [5, 5.41) is 9.59. The molecule has 0 amide bonds. The van der Waals surface area contributed by atoms with Crippen LogP contribution in [0.15, 0.2) is 12.2 Å². The van der Waals surface area contributed by atoms with Crippen molar-refractivity contribution in [2.75, 3.05) is 35.8 Å². The second kappa shape index (κ2) is 20.0. The molecule has 2 unspecified atom stereocenters. The summed E-state index contributed by atoms with van der Waals surface area (Å²) in [6.07, 6.45) is -5.60.